The van der Waals surface area contributed by atoms with E-state index >= 15 is 0 Å². The number of alkyl halides is 3. The van der Waals surface area contributed by atoms with Crippen molar-refractivity contribution in [1.29, 1.82) is 0 Å². The number of nitrogens with zero attached hydrogens (tertiary/aromatic N) is 3. The summed E-state index contributed by atoms with van der Waals surface area (Å²) in [6.45, 7) is 12.8. The molecule has 15 rings (SSSR count). The van der Waals surface area contributed by atoms with Crippen LogP contribution in [0, 0.1) is 37.4 Å². The van der Waals surface area contributed by atoms with Crippen molar-refractivity contribution in [2.45, 2.75) is 33.1 Å². The van der Waals surface area contributed by atoms with Crippen molar-refractivity contribution < 1.29 is 61.5 Å². The molecule has 540 valence electrons. The topological polar surface area (TPSA) is 149 Å². The number of ether oxygens (including phenoxy) is 3. The number of aryl methyl sites for hydroxylation is 2. The zero-order valence-electron chi connectivity index (χ0n) is 58.4. The van der Waals surface area contributed by atoms with Gasteiger partial charge in [-0.1, -0.05) is 103 Å². The van der Waals surface area contributed by atoms with Crippen molar-refractivity contribution in [3.63, 3.8) is 0 Å². The minimum absolute atomic E-state index is 0.0138. The number of phenolic OH excluding ortho intramolecular Hbond substituents is 3. The average Bonchev–Trinajstić information content (AvgIpc) is 1.63. The van der Waals surface area contributed by atoms with Gasteiger partial charge in [0, 0.05) is 135 Å². The maximum atomic E-state index is 14.4. The number of halogens is 4. The molecule has 0 amide bonds. The second-order valence-corrected chi connectivity index (χ2v) is 30.3. The van der Waals surface area contributed by atoms with E-state index in [4.69, 9.17) is 14.2 Å². The Morgan fingerprint density at radius 2 is 0.743 bits per heavy atom. The predicted octanol–water partition coefficient (Wildman–Crippen LogP) is 19.3. The quantitative estimate of drug-likeness (QED) is 0.0256. The van der Waals surface area contributed by atoms with E-state index in [2.05, 4.69) is 14.7 Å². The Morgan fingerprint density at radius 3 is 1.10 bits per heavy atom. The molecule has 0 radical (unpaired) electrons. The summed E-state index contributed by atoms with van der Waals surface area (Å²) < 4.78 is 72.2. The molecule has 0 bridgehead atoms. The van der Waals surface area contributed by atoms with Crippen molar-refractivity contribution in [2.24, 2.45) is 17.8 Å². The highest BCUT2D eigenvalue weighted by atomic mass is 32.1. The smallest absolute Gasteiger partial charge is 0.206 e. The standard InChI is InChI=1S/2C29H28FNO3S.C28H25F2NO3S/c1-19-3-5-22(6-4-19)28(33)29-27(25-12-9-23(32)15-26(25)35-29)21-7-10-24(11-8-21)34-14-2-13-31-17-20(16-30)18-31;1-19-5-2-3-6-24(19)28(33)29-27(25-12-9-22(32)15-26(25)35-29)21-7-10-23(11-8-21)34-14-4-13-31-17-20(16-30)18-31;29-15-18-16-31(17-18)12-3-13-34-21-9-6-19(7-10-21)26-23-11-8-20(32)14-25(23)35-28(26)27(33)22-4-1-2-5-24(22)30/h3-12,15,20,32H,2,13-14,16-18H2,1H3;2-3,5-12,15,20,32H,4,13-14,16-18H2,1H3;1-2,4-11,14,18,32H,3,12-13,15-17H2. The molecule has 0 atom stereocenters. The number of hydrogen-bond acceptors (Lipinski definition) is 15. The van der Waals surface area contributed by atoms with Gasteiger partial charge in [-0.3, -0.25) is 27.6 Å². The molecule has 9 aromatic carbocycles. The zero-order valence-corrected chi connectivity index (χ0v) is 60.8. The van der Waals surface area contributed by atoms with Crippen molar-refractivity contribution >= 4 is 81.6 Å². The van der Waals surface area contributed by atoms with Crippen LogP contribution in [0.4, 0.5) is 17.6 Å². The Labute approximate surface area is 619 Å². The first-order valence-electron chi connectivity index (χ1n) is 35.4. The van der Waals surface area contributed by atoms with Crippen molar-refractivity contribution in [3.05, 3.63) is 248 Å². The number of ketones is 3. The molecule has 12 nitrogen and oxygen atoms in total. The molecule has 0 saturated carbocycles. The average molecular weight is 1470 g/mol. The third-order valence-electron chi connectivity index (χ3n) is 19.3. The molecular formula is C86H81F4N3O9S3. The van der Waals surface area contributed by atoms with Gasteiger partial charge in [0.15, 0.2) is 0 Å². The molecule has 0 spiro atoms. The van der Waals surface area contributed by atoms with E-state index in [1.54, 1.807) is 54.6 Å². The number of phenols is 3. The Kier molecular flexibility index (Phi) is 23.8. The Bertz CT molecular complexity index is 4800. The Morgan fingerprint density at radius 1 is 0.410 bits per heavy atom. The van der Waals surface area contributed by atoms with Gasteiger partial charge in [-0.15, -0.1) is 34.0 Å². The lowest BCUT2D eigenvalue weighted by Crippen LogP contribution is -2.48. The normalized spacial score (nSPS) is 14.2. The minimum atomic E-state index is -0.564. The van der Waals surface area contributed by atoms with Gasteiger partial charge in [0.25, 0.3) is 0 Å². The van der Waals surface area contributed by atoms with E-state index < -0.39 is 5.82 Å². The second-order valence-electron chi connectivity index (χ2n) is 27.1. The van der Waals surface area contributed by atoms with Crippen LogP contribution in [-0.4, -0.2) is 146 Å². The number of carbonyl (C=O) groups is 3. The van der Waals surface area contributed by atoms with Gasteiger partial charge in [-0.2, -0.15) is 0 Å². The largest absolute Gasteiger partial charge is 0.508 e. The van der Waals surface area contributed by atoms with Crippen LogP contribution in [0.25, 0.3) is 63.6 Å². The van der Waals surface area contributed by atoms with Gasteiger partial charge in [0.2, 0.25) is 17.3 Å². The molecule has 19 heteroatoms. The number of hydrogen-bond donors (Lipinski definition) is 3. The lowest BCUT2D eigenvalue weighted by Gasteiger charge is -2.37. The van der Waals surface area contributed by atoms with Gasteiger partial charge in [-0.05, 0) is 158 Å². The highest BCUT2D eigenvalue weighted by Crippen LogP contribution is 2.45. The van der Waals surface area contributed by atoms with Gasteiger partial charge >= 0.3 is 0 Å². The highest BCUT2D eigenvalue weighted by Gasteiger charge is 2.30. The molecule has 0 unspecified atom stereocenters. The zero-order chi connectivity index (χ0) is 73.1. The highest BCUT2D eigenvalue weighted by molar-refractivity contribution is 7.22. The molecule has 6 heterocycles. The van der Waals surface area contributed by atoms with E-state index in [0.29, 0.717) is 51.1 Å². The Balaban J connectivity index is 0.000000140. The fraction of sp³-hybridized carbons (Fsp3) is 0.267. The number of rotatable bonds is 27. The van der Waals surface area contributed by atoms with E-state index in [1.807, 2.05) is 147 Å². The molecule has 3 aliphatic rings. The van der Waals surface area contributed by atoms with Crippen LogP contribution in [0.3, 0.4) is 0 Å². The fourth-order valence-corrected chi connectivity index (χ4v) is 17.3. The lowest BCUT2D eigenvalue weighted by atomic mass is 9.96. The minimum Gasteiger partial charge on any atom is -0.508 e. The fourth-order valence-electron chi connectivity index (χ4n) is 13.6. The van der Waals surface area contributed by atoms with E-state index in [9.17, 15) is 47.3 Å². The number of benzene rings is 9. The maximum Gasteiger partial charge on any atom is 0.206 e. The lowest BCUT2D eigenvalue weighted by molar-refractivity contribution is 0.0755. The summed E-state index contributed by atoms with van der Waals surface area (Å²) in [5.41, 5.74) is 8.54. The molecule has 3 saturated heterocycles. The van der Waals surface area contributed by atoms with Crippen LogP contribution >= 0.6 is 34.0 Å². The van der Waals surface area contributed by atoms with Crippen LogP contribution in [0.5, 0.6) is 34.5 Å². The first kappa shape index (κ1) is 73.6. The molecular weight excluding hydrogens is 1390 g/mol. The second kappa shape index (κ2) is 34.0. The molecule has 3 fully saturated rings. The van der Waals surface area contributed by atoms with Crippen molar-refractivity contribution in [3.8, 4) is 67.9 Å². The summed E-state index contributed by atoms with van der Waals surface area (Å²) in [6.07, 6.45) is 2.66. The molecule has 105 heavy (non-hydrogen) atoms. The van der Waals surface area contributed by atoms with Crippen molar-refractivity contribution in [1.82, 2.24) is 14.7 Å². The summed E-state index contributed by atoms with van der Waals surface area (Å²) in [7, 11) is 0. The molecule has 0 aliphatic carbocycles. The van der Waals surface area contributed by atoms with E-state index in [0.717, 1.165) is 165 Å². The number of aromatic hydroxyl groups is 3. The number of likely N-dealkylation sites (tertiary alicyclic amines) is 3. The van der Waals surface area contributed by atoms with Gasteiger partial charge < -0.3 is 44.2 Å². The van der Waals surface area contributed by atoms with Crippen LogP contribution in [0.15, 0.2) is 200 Å². The van der Waals surface area contributed by atoms with E-state index in [1.165, 1.54) is 46.1 Å². The number of thiophene rings is 3. The van der Waals surface area contributed by atoms with Crippen LogP contribution in [0.1, 0.15) is 76.1 Å². The third kappa shape index (κ3) is 17.5. The first-order valence-corrected chi connectivity index (χ1v) is 37.9. The van der Waals surface area contributed by atoms with Gasteiger partial charge in [-0.25, -0.2) is 4.39 Å². The van der Waals surface area contributed by atoms with Gasteiger partial charge in [0.05, 0.1) is 60.0 Å². The molecule has 3 N–H and O–H groups in total. The SMILES string of the molecule is Cc1ccc(C(=O)c2sc3cc(O)ccc3c2-c2ccc(OCCCN3CC(CF)C3)cc2)cc1.Cc1ccccc1C(=O)c1sc2cc(O)ccc2c1-c1ccc(OCCCN2CC(CF)C2)cc1.O=C(c1ccccc1F)c1sc2cc(O)ccc2c1-c1ccc(OCCCN2CC(CF)C2)cc1. The summed E-state index contributed by atoms with van der Waals surface area (Å²) in [5.74, 6) is 2.38. The van der Waals surface area contributed by atoms with Crippen molar-refractivity contribution in [2.75, 3.05) is 98.7 Å². The number of fused-ring (bicyclic) bond motifs is 3. The number of carbonyl (C=O) groups excluding carboxylic acids is 3. The summed E-state index contributed by atoms with van der Waals surface area (Å²) >= 11 is 4.05. The monoisotopic (exact) mass is 1470 g/mol. The van der Waals surface area contributed by atoms with Crippen LogP contribution < -0.4 is 14.2 Å². The summed E-state index contributed by atoms with van der Waals surface area (Å²) in [6, 6.07) is 59.8. The van der Waals surface area contributed by atoms with Crippen LogP contribution in [-0.2, 0) is 0 Å². The maximum absolute atomic E-state index is 14.4. The summed E-state index contributed by atoms with van der Waals surface area (Å²) in [4.78, 5) is 48.9. The Hall–Kier alpha value is -9.73. The molecule has 12 aromatic rings. The van der Waals surface area contributed by atoms with E-state index in [-0.39, 0.29) is 77.9 Å². The van der Waals surface area contributed by atoms with Crippen LogP contribution in [0.2, 0.25) is 0 Å². The third-order valence-corrected chi connectivity index (χ3v) is 22.8. The first-order chi connectivity index (χ1) is 51.1. The molecule has 3 aliphatic heterocycles. The molecule has 3 aromatic heterocycles. The summed E-state index contributed by atoms with van der Waals surface area (Å²) in [5, 5.41) is 32.6. The predicted molar refractivity (Wildman–Crippen MR) is 414 cm³/mol. The van der Waals surface area contributed by atoms with Gasteiger partial charge in [0.1, 0.15) is 40.3 Å².